The van der Waals surface area contributed by atoms with Gasteiger partial charge >= 0.3 is 5.97 Å². The molecule has 1 saturated heterocycles. The monoisotopic (exact) mass is 387 g/mol. The molecular weight excluding hydrogens is 366 g/mol. The summed E-state index contributed by atoms with van der Waals surface area (Å²) < 4.78 is 4.68. The topological polar surface area (TPSA) is 94.7 Å². The number of hydrogen-bond acceptors (Lipinski definition) is 5. The van der Waals surface area contributed by atoms with Crippen LogP contribution >= 0.6 is 11.6 Å². The highest BCUT2D eigenvalue weighted by Crippen LogP contribution is 2.24. The summed E-state index contributed by atoms with van der Waals surface area (Å²) >= 11 is 6.23. The summed E-state index contributed by atoms with van der Waals surface area (Å²) in [5.74, 6) is -0.169. The Morgan fingerprint density at radius 2 is 1.81 bits per heavy atom. The van der Waals surface area contributed by atoms with E-state index in [-0.39, 0.29) is 5.96 Å². The van der Waals surface area contributed by atoms with Gasteiger partial charge in [-0.05, 0) is 42.5 Å². The van der Waals surface area contributed by atoms with Crippen molar-refractivity contribution < 1.29 is 9.53 Å². The van der Waals surface area contributed by atoms with Gasteiger partial charge in [-0.1, -0.05) is 11.6 Å². The van der Waals surface area contributed by atoms with Crippen LogP contribution in [0.25, 0.3) is 0 Å². The van der Waals surface area contributed by atoms with Crippen LogP contribution in [-0.2, 0) is 4.74 Å². The highest BCUT2D eigenvalue weighted by molar-refractivity contribution is 6.34. The molecule has 0 aromatic heterocycles. The van der Waals surface area contributed by atoms with Crippen molar-refractivity contribution in [3.8, 4) is 0 Å². The minimum absolute atomic E-state index is 0.277. The first kappa shape index (κ1) is 18.8. The summed E-state index contributed by atoms with van der Waals surface area (Å²) in [7, 11) is 1.32. The van der Waals surface area contributed by atoms with E-state index in [1.54, 1.807) is 12.1 Å². The molecule has 27 heavy (non-hydrogen) atoms. The first-order valence-corrected chi connectivity index (χ1v) is 8.94. The lowest BCUT2D eigenvalue weighted by atomic mass is 10.2. The van der Waals surface area contributed by atoms with Crippen LogP contribution in [0, 0.1) is 5.41 Å². The number of rotatable bonds is 3. The molecule has 3 rings (SSSR count). The fourth-order valence-corrected chi connectivity index (χ4v) is 3.17. The normalized spacial score (nSPS) is 14.0. The smallest absolute Gasteiger partial charge is 0.337 e. The third-order valence-electron chi connectivity index (χ3n) is 4.50. The Labute approximate surface area is 163 Å². The zero-order valence-corrected chi connectivity index (χ0v) is 15.8. The van der Waals surface area contributed by atoms with E-state index in [1.165, 1.54) is 13.2 Å². The summed E-state index contributed by atoms with van der Waals surface area (Å²) in [6.45, 7) is 3.05. The van der Waals surface area contributed by atoms with Crippen molar-refractivity contribution in [1.29, 1.82) is 5.41 Å². The van der Waals surface area contributed by atoms with Gasteiger partial charge in [0.05, 0.1) is 23.4 Å². The number of carbonyl (C=O) groups is 1. The van der Waals surface area contributed by atoms with Gasteiger partial charge in [0.2, 0.25) is 0 Å². The van der Waals surface area contributed by atoms with E-state index >= 15 is 0 Å². The Morgan fingerprint density at radius 3 is 2.41 bits per heavy atom. The number of nitrogens with two attached hydrogens (primary N) is 1. The zero-order chi connectivity index (χ0) is 19.4. The molecule has 1 heterocycles. The lowest BCUT2D eigenvalue weighted by molar-refractivity contribution is 0.0601. The molecule has 0 atom stereocenters. The maximum Gasteiger partial charge on any atom is 0.337 e. The Kier molecular flexibility index (Phi) is 5.71. The van der Waals surface area contributed by atoms with E-state index in [0.717, 1.165) is 24.5 Å². The summed E-state index contributed by atoms with van der Waals surface area (Å²) in [5, 5.41) is 11.7. The Hall–Kier alpha value is -2.93. The second-order valence-corrected chi connectivity index (χ2v) is 6.63. The quantitative estimate of drug-likeness (QED) is 0.324. The molecule has 7 nitrogen and oxygen atoms in total. The van der Waals surface area contributed by atoms with Crippen molar-refractivity contribution in [3.63, 3.8) is 0 Å². The van der Waals surface area contributed by atoms with Gasteiger partial charge in [-0.25, -0.2) is 4.79 Å². The summed E-state index contributed by atoms with van der Waals surface area (Å²) in [6, 6.07) is 12.6. The number of nitrogen functional groups attached to an aromatic ring is 1. The van der Waals surface area contributed by atoms with E-state index in [1.807, 2.05) is 29.2 Å². The van der Waals surface area contributed by atoms with Crippen molar-refractivity contribution in [2.45, 2.75) is 0 Å². The Bertz CT molecular complexity index is 832. The molecule has 0 amide bonds. The lowest BCUT2D eigenvalue weighted by Gasteiger charge is -2.37. The molecule has 0 aliphatic carbocycles. The molecule has 1 aliphatic heterocycles. The van der Waals surface area contributed by atoms with Gasteiger partial charge in [-0.15, -0.1) is 0 Å². The van der Waals surface area contributed by atoms with Crippen LogP contribution < -0.4 is 16.0 Å². The van der Waals surface area contributed by atoms with E-state index < -0.39 is 5.97 Å². The van der Waals surface area contributed by atoms with Gasteiger partial charge in [0.1, 0.15) is 0 Å². The maximum absolute atomic E-state index is 11.5. The molecule has 0 radical (unpaired) electrons. The van der Waals surface area contributed by atoms with Crippen molar-refractivity contribution in [2.24, 2.45) is 0 Å². The Morgan fingerprint density at radius 1 is 1.15 bits per heavy atom. The van der Waals surface area contributed by atoms with Crippen molar-refractivity contribution in [1.82, 2.24) is 4.90 Å². The maximum atomic E-state index is 11.5. The second-order valence-electron chi connectivity index (χ2n) is 6.23. The highest BCUT2D eigenvalue weighted by Gasteiger charge is 2.20. The number of benzene rings is 2. The first-order valence-electron chi connectivity index (χ1n) is 8.57. The molecule has 0 bridgehead atoms. The van der Waals surface area contributed by atoms with Gasteiger partial charge in [-0.2, -0.15) is 0 Å². The fraction of sp³-hybridized carbons (Fsp3) is 0.263. The number of esters is 1. The molecule has 0 saturated carbocycles. The molecule has 4 N–H and O–H groups in total. The van der Waals surface area contributed by atoms with Gasteiger partial charge in [0, 0.05) is 37.6 Å². The number of nitrogens with one attached hydrogen (secondary N) is 2. The minimum atomic E-state index is -0.447. The van der Waals surface area contributed by atoms with Crippen LogP contribution in [-0.4, -0.2) is 50.1 Å². The molecule has 0 spiro atoms. The standard InChI is InChI=1S/C19H22ClN5O2/c1-27-18(26)13-2-7-17(16(20)12-13)23-19(22)25-10-8-24(9-11-25)15-5-3-14(21)4-6-15/h2-7,12H,8-11,21H2,1H3,(H2,22,23). The van der Waals surface area contributed by atoms with Crippen LogP contribution in [0.5, 0.6) is 0 Å². The molecule has 2 aromatic carbocycles. The third-order valence-corrected chi connectivity index (χ3v) is 4.81. The van der Waals surface area contributed by atoms with Crippen LogP contribution in [0.1, 0.15) is 10.4 Å². The number of carbonyl (C=O) groups excluding carboxylic acids is 1. The molecular formula is C19H22ClN5O2. The summed E-state index contributed by atoms with van der Waals surface area (Å²) in [4.78, 5) is 15.8. The van der Waals surface area contributed by atoms with Gasteiger partial charge in [0.15, 0.2) is 5.96 Å². The number of hydrogen-bond donors (Lipinski definition) is 3. The van der Waals surface area contributed by atoms with E-state index in [2.05, 4.69) is 15.0 Å². The lowest BCUT2D eigenvalue weighted by Crippen LogP contribution is -2.50. The summed E-state index contributed by atoms with van der Waals surface area (Å²) in [6.07, 6.45) is 0. The zero-order valence-electron chi connectivity index (χ0n) is 15.0. The van der Waals surface area contributed by atoms with Crippen LogP contribution in [0.2, 0.25) is 5.02 Å². The van der Waals surface area contributed by atoms with Crippen LogP contribution in [0.3, 0.4) is 0 Å². The van der Waals surface area contributed by atoms with Gasteiger partial charge < -0.3 is 25.6 Å². The van der Waals surface area contributed by atoms with Crippen molar-refractivity contribution in [2.75, 3.05) is 49.2 Å². The predicted octanol–water partition coefficient (Wildman–Crippen LogP) is 2.88. The molecule has 0 unspecified atom stereocenters. The number of ether oxygens (including phenoxy) is 1. The fourth-order valence-electron chi connectivity index (χ4n) is 2.94. The number of anilines is 3. The number of nitrogens with zero attached hydrogens (tertiary/aromatic N) is 2. The SMILES string of the molecule is COC(=O)c1ccc(NC(=N)N2CCN(c3ccc(N)cc3)CC2)c(Cl)c1. The molecule has 1 aliphatic rings. The van der Waals surface area contributed by atoms with Crippen LogP contribution in [0.15, 0.2) is 42.5 Å². The Balaban J connectivity index is 1.58. The first-order chi connectivity index (χ1) is 13.0. The predicted molar refractivity (Wildman–Crippen MR) is 109 cm³/mol. The van der Waals surface area contributed by atoms with E-state index in [0.29, 0.717) is 29.4 Å². The largest absolute Gasteiger partial charge is 0.465 e. The summed E-state index contributed by atoms with van der Waals surface area (Å²) in [5.41, 5.74) is 8.57. The van der Waals surface area contributed by atoms with E-state index in [4.69, 9.17) is 22.7 Å². The number of guanidine groups is 1. The minimum Gasteiger partial charge on any atom is -0.465 e. The number of methoxy groups -OCH3 is 1. The van der Waals surface area contributed by atoms with Crippen molar-refractivity contribution in [3.05, 3.63) is 53.1 Å². The van der Waals surface area contributed by atoms with Crippen LogP contribution in [0.4, 0.5) is 17.1 Å². The second kappa shape index (κ2) is 8.18. The number of piperazine rings is 1. The molecule has 1 fully saturated rings. The van der Waals surface area contributed by atoms with Gasteiger partial charge in [-0.3, -0.25) is 5.41 Å². The molecule has 142 valence electrons. The average Bonchev–Trinajstić information content (AvgIpc) is 2.69. The molecule has 8 heteroatoms. The third kappa shape index (κ3) is 4.43. The number of halogens is 1. The molecule has 2 aromatic rings. The van der Waals surface area contributed by atoms with E-state index in [9.17, 15) is 4.79 Å². The van der Waals surface area contributed by atoms with Gasteiger partial charge in [0.25, 0.3) is 0 Å². The highest BCUT2D eigenvalue weighted by atomic mass is 35.5. The average molecular weight is 388 g/mol. The van der Waals surface area contributed by atoms with Crippen molar-refractivity contribution >= 4 is 40.6 Å².